The summed E-state index contributed by atoms with van der Waals surface area (Å²) in [5.74, 6) is -3.26. The molecule has 80 valence electrons. The first kappa shape index (κ1) is 9.82. The molecule has 0 spiro atoms. The van der Waals surface area contributed by atoms with Crippen LogP contribution >= 0.6 is 0 Å². The Labute approximate surface area is 83.3 Å². The van der Waals surface area contributed by atoms with Crippen molar-refractivity contribution < 1.29 is 18.0 Å². The zero-order valence-corrected chi connectivity index (χ0v) is 7.48. The molecule has 0 aliphatic carbocycles. The molecular weight excluding hydrogens is 209 g/mol. The average Bonchev–Trinajstić information content (AvgIpc) is 2.58. The second-order valence-electron chi connectivity index (χ2n) is 3.20. The molecule has 1 aliphatic rings. The van der Waals surface area contributed by atoms with Gasteiger partial charge in [-0.05, 0) is 6.07 Å². The van der Waals surface area contributed by atoms with Crippen LogP contribution in [0.15, 0.2) is 12.1 Å². The van der Waals surface area contributed by atoms with Gasteiger partial charge in [0.25, 0.3) is 0 Å². The average molecular weight is 216 g/mol. The van der Waals surface area contributed by atoms with Gasteiger partial charge in [0.2, 0.25) is 0 Å². The molecule has 1 saturated heterocycles. The fourth-order valence-electron chi connectivity index (χ4n) is 1.47. The summed E-state index contributed by atoms with van der Waals surface area (Å²) in [6.45, 7) is 0.110. The molecule has 15 heavy (non-hydrogen) atoms. The summed E-state index contributed by atoms with van der Waals surface area (Å²) in [4.78, 5) is 10.8. The van der Waals surface area contributed by atoms with Gasteiger partial charge in [-0.1, -0.05) is 0 Å². The monoisotopic (exact) mass is 216 g/mol. The first-order valence-electron chi connectivity index (χ1n) is 4.26. The van der Waals surface area contributed by atoms with Gasteiger partial charge in [-0.3, -0.25) is 0 Å². The third-order valence-electron chi connectivity index (χ3n) is 2.17. The van der Waals surface area contributed by atoms with Crippen molar-refractivity contribution in [2.24, 2.45) is 0 Å². The lowest BCUT2D eigenvalue weighted by molar-refractivity contribution is 0.247. The SMILES string of the molecule is O=C1NC[C@H](c2cc(F)cc(F)c2F)N1. The van der Waals surface area contributed by atoms with Crippen molar-refractivity contribution in [2.45, 2.75) is 6.04 Å². The molecular formula is C9H7F3N2O. The molecule has 0 unspecified atom stereocenters. The van der Waals surface area contributed by atoms with Gasteiger partial charge >= 0.3 is 6.03 Å². The van der Waals surface area contributed by atoms with E-state index in [-0.39, 0.29) is 12.1 Å². The normalized spacial score (nSPS) is 19.9. The number of halogens is 3. The Morgan fingerprint density at radius 2 is 2.00 bits per heavy atom. The molecule has 1 fully saturated rings. The van der Waals surface area contributed by atoms with E-state index in [1.807, 2.05) is 0 Å². The van der Waals surface area contributed by atoms with E-state index in [4.69, 9.17) is 0 Å². The van der Waals surface area contributed by atoms with Crippen molar-refractivity contribution in [1.29, 1.82) is 0 Å². The van der Waals surface area contributed by atoms with E-state index in [2.05, 4.69) is 10.6 Å². The fraction of sp³-hybridized carbons (Fsp3) is 0.222. The van der Waals surface area contributed by atoms with Crippen molar-refractivity contribution in [2.75, 3.05) is 6.54 Å². The van der Waals surface area contributed by atoms with Gasteiger partial charge in [0.1, 0.15) is 5.82 Å². The number of nitrogens with one attached hydrogen (secondary N) is 2. The summed E-state index contributed by atoms with van der Waals surface area (Å²) in [5, 5.41) is 4.71. The first-order chi connectivity index (χ1) is 7.08. The number of amides is 2. The van der Waals surface area contributed by atoms with E-state index in [1.165, 1.54) is 0 Å². The topological polar surface area (TPSA) is 41.1 Å². The van der Waals surface area contributed by atoms with Crippen LogP contribution in [0.5, 0.6) is 0 Å². The summed E-state index contributed by atoms with van der Waals surface area (Å²) < 4.78 is 38.9. The third-order valence-corrected chi connectivity index (χ3v) is 2.17. The zero-order valence-electron chi connectivity index (χ0n) is 7.48. The van der Waals surface area contributed by atoms with Crippen LogP contribution < -0.4 is 10.6 Å². The maximum Gasteiger partial charge on any atom is 0.315 e. The highest BCUT2D eigenvalue weighted by Gasteiger charge is 2.26. The predicted octanol–water partition coefficient (Wildman–Crippen LogP) is 1.46. The molecule has 2 amide bonds. The van der Waals surface area contributed by atoms with E-state index in [0.29, 0.717) is 6.07 Å². The van der Waals surface area contributed by atoms with Gasteiger partial charge in [0.05, 0.1) is 6.04 Å². The van der Waals surface area contributed by atoms with E-state index in [1.54, 1.807) is 0 Å². The quantitative estimate of drug-likeness (QED) is 0.685. The minimum atomic E-state index is -1.26. The van der Waals surface area contributed by atoms with Crippen molar-refractivity contribution >= 4 is 6.03 Å². The molecule has 1 atom stereocenters. The lowest BCUT2D eigenvalue weighted by Gasteiger charge is -2.10. The smallest absolute Gasteiger partial charge is 0.315 e. The van der Waals surface area contributed by atoms with Crippen molar-refractivity contribution in [1.82, 2.24) is 10.6 Å². The number of hydrogen-bond acceptors (Lipinski definition) is 1. The van der Waals surface area contributed by atoms with Gasteiger partial charge in [0, 0.05) is 18.2 Å². The first-order valence-corrected chi connectivity index (χ1v) is 4.26. The van der Waals surface area contributed by atoms with E-state index in [0.717, 1.165) is 6.07 Å². The minimum Gasteiger partial charge on any atom is -0.336 e. The van der Waals surface area contributed by atoms with Crippen LogP contribution in [0.25, 0.3) is 0 Å². The molecule has 0 aromatic heterocycles. The van der Waals surface area contributed by atoms with Crippen LogP contribution in [0.4, 0.5) is 18.0 Å². The lowest BCUT2D eigenvalue weighted by Crippen LogP contribution is -2.22. The van der Waals surface area contributed by atoms with Gasteiger partial charge < -0.3 is 10.6 Å². The maximum absolute atomic E-state index is 13.2. The second-order valence-corrected chi connectivity index (χ2v) is 3.20. The highest BCUT2D eigenvalue weighted by Crippen LogP contribution is 2.22. The molecule has 0 saturated carbocycles. The van der Waals surface area contributed by atoms with E-state index < -0.39 is 29.5 Å². The van der Waals surface area contributed by atoms with Gasteiger partial charge in [0.15, 0.2) is 11.6 Å². The molecule has 1 aliphatic heterocycles. The Balaban J connectivity index is 2.39. The molecule has 0 radical (unpaired) electrons. The molecule has 1 heterocycles. The Hall–Kier alpha value is -1.72. The standard InChI is InChI=1S/C9H7F3N2O/c10-4-1-5(8(12)6(11)2-4)7-3-13-9(15)14-7/h1-2,7H,3H2,(H2,13,14,15)/t7-/m1/s1. The van der Waals surface area contributed by atoms with Crippen LogP contribution in [-0.4, -0.2) is 12.6 Å². The van der Waals surface area contributed by atoms with Gasteiger partial charge in [-0.15, -0.1) is 0 Å². The van der Waals surface area contributed by atoms with Crippen molar-refractivity contribution in [3.63, 3.8) is 0 Å². The number of urea groups is 1. The lowest BCUT2D eigenvalue weighted by atomic mass is 10.1. The van der Waals surface area contributed by atoms with Crippen LogP contribution in [0.1, 0.15) is 11.6 Å². The largest absolute Gasteiger partial charge is 0.336 e. The van der Waals surface area contributed by atoms with E-state index >= 15 is 0 Å². The number of carbonyl (C=O) groups is 1. The Morgan fingerprint density at radius 1 is 1.27 bits per heavy atom. The summed E-state index contributed by atoms with van der Waals surface area (Å²) in [7, 11) is 0. The fourth-order valence-corrected chi connectivity index (χ4v) is 1.47. The highest BCUT2D eigenvalue weighted by atomic mass is 19.2. The molecule has 2 rings (SSSR count). The van der Waals surface area contributed by atoms with E-state index in [9.17, 15) is 18.0 Å². The third kappa shape index (κ3) is 1.74. The Morgan fingerprint density at radius 3 is 2.60 bits per heavy atom. The summed E-state index contributed by atoms with van der Waals surface area (Å²) in [5.41, 5.74) is -0.189. The number of carbonyl (C=O) groups excluding carboxylic acids is 1. The number of rotatable bonds is 1. The van der Waals surface area contributed by atoms with Crippen LogP contribution in [-0.2, 0) is 0 Å². The van der Waals surface area contributed by atoms with Crippen molar-refractivity contribution in [3.8, 4) is 0 Å². The molecule has 0 bridgehead atoms. The van der Waals surface area contributed by atoms with Gasteiger partial charge in [-0.25, -0.2) is 18.0 Å². The number of benzene rings is 1. The second kappa shape index (κ2) is 3.45. The van der Waals surface area contributed by atoms with Crippen molar-refractivity contribution in [3.05, 3.63) is 35.1 Å². The predicted molar refractivity (Wildman–Crippen MR) is 45.6 cm³/mol. The van der Waals surface area contributed by atoms with Gasteiger partial charge in [-0.2, -0.15) is 0 Å². The molecule has 6 heteroatoms. The number of hydrogen-bond donors (Lipinski definition) is 2. The Bertz CT molecular complexity index is 422. The highest BCUT2D eigenvalue weighted by molar-refractivity contribution is 5.76. The summed E-state index contributed by atoms with van der Waals surface area (Å²) in [6.07, 6.45) is 0. The summed E-state index contributed by atoms with van der Waals surface area (Å²) in [6, 6.07) is 0.117. The summed E-state index contributed by atoms with van der Waals surface area (Å²) >= 11 is 0. The van der Waals surface area contributed by atoms with Crippen LogP contribution in [0.2, 0.25) is 0 Å². The molecule has 2 N–H and O–H groups in total. The maximum atomic E-state index is 13.2. The van der Waals surface area contributed by atoms with Crippen LogP contribution in [0.3, 0.4) is 0 Å². The Kier molecular flexibility index (Phi) is 2.26. The molecule has 3 nitrogen and oxygen atoms in total. The molecule has 1 aromatic rings. The minimum absolute atomic E-state index is 0.110. The van der Waals surface area contributed by atoms with Crippen LogP contribution in [0, 0.1) is 17.5 Å². The molecule has 1 aromatic carbocycles. The zero-order chi connectivity index (χ0) is 11.0.